The minimum Gasteiger partial charge on any atom is -0.550 e. The van der Waals surface area contributed by atoms with E-state index in [1.54, 1.807) is 38.5 Å². The molecule has 0 radical (unpaired) electrons. The highest BCUT2D eigenvalue weighted by Gasteiger charge is 2.33. The van der Waals surface area contributed by atoms with Crippen LogP contribution in [0, 0.1) is 0 Å². The number of aliphatic carboxylic acids is 1. The van der Waals surface area contributed by atoms with Crippen LogP contribution in [0.2, 0.25) is 5.02 Å². The summed E-state index contributed by atoms with van der Waals surface area (Å²) in [5.74, 6) is -0.516. The SMILES string of the molecule is COc1ccc(C2=NN(C(=O)CCC(=O)[O-])[C@@H](c3ccc(Cl)cc3)C2)cc1OC. The number of methoxy groups -OCH3 is 2. The number of carboxylic acids is 1. The number of nitrogens with zero attached hydrogens (tertiary/aromatic N) is 2. The van der Waals surface area contributed by atoms with Crippen LogP contribution in [0.15, 0.2) is 47.6 Å². The molecule has 8 heteroatoms. The Balaban J connectivity index is 1.94. The highest BCUT2D eigenvalue weighted by atomic mass is 35.5. The van der Waals surface area contributed by atoms with Crippen molar-refractivity contribution >= 4 is 29.2 Å². The van der Waals surface area contributed by atoms with Crippen molar-refractivity contribution in [3.8, 4) is 11.5 Å². The van der Waals surface area contributed by atoms with Gasteiger partial charge in [-0.2, -0.15) is 5.10 Å². The largest absolute Gasteiger partial charge is 0.550 e. The van der Waals surface area contributed by atoms with Crippen LogP contribution < -0.4 is 14.6 Å². The first-order valence-corrected chi connectivity index (χ1v) is 9.38. The predicted molar refractivity (Wildman–Crippen MR) is 106 cm³/mol. The minimum absolute atomic E-state index is 0.185. The van der Waals surface area contributed by atoms with Gasteiger partial charge in [-0.25, -0.2) is 5.01 Å². The maximum absolute atomic E-state index is 12.7. The van der Waals surface area contributed by atoms with Crippen molar-refractivity contribution in [2.24, 2.45) is 5.10 Å². The molecule has 2 aromatic carbocycles. The Bertz CT molecular complexity index is 943. The van der Waals surface area contributed by atoms with E-state index in [9.17, 15) is 14.7 Å². The lowest BCUT2D eigenvalue weighted by atomic mass is 9.98. The molecule has 0 N–H and O–H groups in total. The predicted octanol–water partition coefficient (Wildman–Crippen LogP) is 2.57. The number of hydrogen-bond donors (Lipinski definition) is 0. The van der Waals surface area contributed by atoms with Gasteiger partial charge in [0.05, 0.1) is 26.0 Å². The zero-order valence-corrected chi connectivity index (χ0v) is 16.8. The summed E-state index contributed by atoms with van der Waals surface area (Å²) in [6.07, 6.45) is -0.0762. The number of halogens is 1. The molecule has 1 amide bonds. The maximum Gasteiger partial charge on any atom is 0.243 e. The van der Waals surface area contributed by atoms with Gasteiger partial charge in [0.1, 0.15) is 0 Å². The number of benzene rings is 2. The molecule has 2 aromatic rings. The van der Waals surface area contributed by atoms with Crippen molar-refractivity contribution in [3.05, 3.63) is 58.6 Å². The van der Waals surface area contributed by atoms with E-state index in [-0.39, 0.29) is 24.8 Å². The normalized spacial score (nSPS) is 15.8. The summed E-state index contributed by atoms with van der Waals surface area (Å²) < 4.78 is 10.6. The van der Waals surface area contributed by atoms with E-state index < -0.39 is 5.97 Å². The van der Waals surface area contributed by atoms with Crippen molar-refractivity contribution in [3.63, 3.8) is 0 Å². The Morgan fingerprint density at radius 2 is 1.79 bits per heavy atom. The third kappa shape index (κ3) is 4.68. The number of carbonyl (C=O) groups is 2. The number of carboxylic acid groups (broad SMARTS) is 1. The Labute approximate surface area is 173 Å². The zero-order valence-electron chi connectivity index (χ0n) is 16.1. The summed E-state index contributed by atoms with van der Waals surface area (Å²) in [5.41, 5.74) is 2.33. The Hall–Kier alpha value is -3.06. The third-order valence-corrected chi connectivity index (χ3v) is 4.93. The molecule has 0 saturated carbocycles. The molecule has 0 aromatic heterocycles. The van der Waals surface area contributed by atoms with Crippen LogP contribution >= 0.6 is 11.6 Å². The third-order valence-electron chi connectivity index (χ3n) is 4.68. The van der Waals surface area contributed by atoms with Gasteiger partial charge < -0.3 is 19.4 Å². The van der Waals surface area contributed by atoms with Gasteiger partial charge in [-0.1, -0.05) is 23.7 Å². The standard InChI is InChI=1S/C21H21ClN2O5/c1-28-18-8-5-14(11-19(18)29-2)16-12-17(13-3-6-15(22)7-4-13)24(23-16)20(25)9-10-21(26)27/h3-8,11,17H,9-10,12H2,1-2H3,(H,26,27)/p-1/t17-/m1/s1. The Kier molecular flexibility index (Phi) is 6.39. The summed E-state index contributed by atoms with van der Waals surface area (Å²) in [7, 11) is 3.10. The smallest absolute Gasteiger partial charge is 0.243 e. The van der Waals surface area contributed by atoms with Gasteiger partial charge in [0.25, 0.3) is 0 Å². The molecule has 1 aliphatic rings. The van der Waals surface area contributed by atoms with Gasteiger partial charge >= 0.3 is 0 Å². The highest BCUT2D eigenvalue weighted by Crippen LogP contribution is 2.36. The highest BCUT2D eigenvalue weighted by molar-refractivity contribution is 6.30. The van der Waals surface area contributed by atoms with Crippen LogP contribution in [0.5, 0.6) is 11.5 Å². The van der Waals surface area contributed by atoms with Gasteiger partial charge in [-0.3, -0.25) is 4.79 Å². The summed E-state index contributed by atoms with van der Waals surface area (Å²) in [5, 5.41) is 17.2. The number of ether oxygens (including phenoxy) is 2. The Morgan fingerprint density at radius 3 is 2.41 bits per heavy atom. The van der Waals surface area contributed by atoms with Crippen LogP contribution in [0.3, 0.4) is 0 Å². The average molecular weight is 416 g/mol. The van der Waals surface area contributed by atoms with Gasteiger partial charge in [-0.05, 0) is 42.3 Å². The lowest BCUT2D eigenvalue weighted by Crippen LogP contribution is -2.29. The molecular formula is C21H20ClN2O5-. The molecule has 1 atom stereocenters. The second-order valence-corrected chi connectivity index (χ2v) is 6.93. The monoisotopic (exact) mass is 415 g/mol. The molecule has 29 heavy (non-hydrogen) atoms. The van der Waals surface area contributed by atoms with Crippen molar-refractivity contribution in [2.45, 2.75) is 25.3 Å². The number of hydrogen-bond acceptors (Lipinski definition) is 6. The molecule has 0 spiro atoms. The molecule has 1 aliphatic heterocycles. The van der Waals surface area contributed by atoms with Crippen LogP contribution in [-0.2, 0) is 9.59 Å². The minimum atomic E-state index is -1.27. The van der Waals surface area contributed by atoms with E-state index in [0.717, 1.165) is 11.1 Å². The fourth-order valence-corrected chi connectivity index (χ4v) is 3.32. The summed E-state index contributed by atoms with van der Waals surface area (Å²) in [6, 6.07) is 12.2. The van der Waals surface area contributed by atoms with Gasteiger partial charge in [0.15, 0.2) is 11.5 Å². The molecule has 0 aliphatic carbocycles. The second kappa shape index (κ2) is 8.96. The summed E-state index contributed by atoms with van der Waals surface area (Å²) >= 11 is 5.98. The molecular weight excluding hydrogens is 396 g/mol. The van der Waals surface area contributed by atoms with Gasteiger partial charge in [0, 0.05) is 29.4 Å². The van der Waals surface area contributed by atoms with Crippen molar-refractivity contribution in [1.29, 1.82) is 0 Å². The van der Waals surface area contributed by atoms with Crippen molar-refractivity contribution in [1.82, 2.24) is 5.01 Å². The quantitative estimate of drug-likeness (QED) is 0.693. The van der Waals surface area contributed by atoms with Crippen LogP contribution in [0.1, 0.15) is 36.4 Å². The zero-order chi connectivity index (χ0) is 21.0. The maximum atomic E-state index is 12.7. The van der Waals surface area contributed by atoms with Gasteiger partial charge in [-0.15, -0.1) is 0 Å². The van der Waals surface area contributed by atoms with Crippen molar-refractivity contribution in [2.75, 3.05) is 14.2 Å². The van der Waals surface area contributed by atoms with Crippen LogP contribution in [-0.4, -0.2) is 36.8 Å². The lowest BCUT2D eigenvalue weighted by Gasteiger charge is -2.22. The fraction of sp³-hybridized carbons (Fsp3) is 0.286. The molecule has 1 heterocycles. The van der Waals surface area contributed by atoms with Crippen LogP contribution in [0.4, 0.5) is 0 Å². The van der Waals surface area contributed by atoms with E-state index in [2.05, 4.69) is 5.10 Å². The number of carbonyl (C=O) groups excluding carboxylic acids is 2. The first-order valence-electron chi connectivity index (χ1n) is 9.00. The number of rotatable bonds is 7. The van der Waals surface area contributed by atoms with E-state index >= 15 is 0 Å². The Morgan fingerprint density at radius 1 is 1.10 bits per heavy atom. The number of amides is 1. The molecule has 7 nitrogen and oxygen atoms in total. The van der Waals surface area contributed by atoms with Crippen molar-refractivity contribution < 1.29 is 24.2 Å². The van der Waals surface area contributed by atoms with Gasteiger partial charge in [0.2, 0.25) is 5.91 Å². The summed E-state index contributed by atoms with van der Waals surface area (Å²) in [4.78, 5) is 23.4. The fourth-order valence-electron chi connectivity index (χ4n) is 3.20. The average Bonchev–Trinajstić information content (AvgIpc) is 3.17. The molecule has 0 fully saturated rings. The first kappa shape index (κ1) is 20.7. The molecule has 0 saturated heterocycles. The van der Waals surface area contributed by atoms with E-state index in [1.165, 1.54) is 5.01 Å². The van der Waals surface area contributed by atoms with E-state index in [4.69, 9.17) is 21.1 Å². The molecule has 0 unspecified atom stereocenters. The first-order chi connectivity index (χ1) is 13.9. The lowest BCUT2D eigenvalue weighted by molar-refractivity contribution is -0.305. The molecule has 0 bridgehead atoms. The topological polar surface area (TPSA) is 91.3 Å². The molecule has 3 rings (SSSR count). The second-order valence-electron chi connectivity index (χ2n) is 6.50. The van der Waals surface area contributed by atoms with E-state index in [0.29, 0.717) is 28.7 Å². The molecule has 152 valence electrons. The van der Waals surface area contributed by atoms with Crippen LogP contribution in [0.25, 0.3) is 0 Å². The number of hydrazone groups is 1. The van der Waals surface area contributed by atoms with E-state index in [1.807, 2.05) is 18.2 Å². The summed E-state index contributed by atoms with van der Waals surface area (Å²) in [6.45, 7) is 0.